The van der Waals surface area contributed by atoms with Gasteiger partial charge in [0.05, 0.1) is 0 Å². The molecular weight excluding hydrogens is 210 g/mol. The number of halogens is 2. The van der Waals surface area contributed by atoms with Gasteiger partial charge < -0.3 is 5.32 Å². The van der Waals surface area contributed by atoms with Crippen molar-refractivity contribution in [2.24, 2.45) is 0 Å². The van der Waals surface area contributed by atoms with Crippen molar-refractivity contribution < 1.29 is 13.6 Å². The molecule has 0 aliphatic rings. The molecule has 6 heteroatoms. The van der Waals surface area contributed by atoms with E-state index in [4.69, 9.17) is 0 Å². The van der Waals surface area contributed by atoms with Crippen LogP contribution in [0.25, 0.3) is 0 Å². The average molecular weight is 220 g/mol. The third kappa shape index (κ3) is 2.73. The molecule has 0 atom stereocenters. The standard InChI is InChI=1S/C8H10F2N2OS/c1-4(2)11-7(13)5-3-14-8(12-5)6(9)10/h3-4,6H,1-2H3,(H,11,13). The summed E-state index contributed by atoms with van der Waals surface area (Å²) in [5, 5.41) is 3.58. The third-order valence-electron chi connectivity index (χ3n) is 1.36. The van der Waals surface area contributed by atoms with Crippen LogP contribution >= 0.6 is 11.3 Å². The number of carbonyl (C=O) groups is 1. The van der Waals surface area contributed by atoms with E-state index >= 15 is 0 Å². The van der Waals surface area contributed by atoms with E-state index in [0.717, 1.165) is 11.3 Å². The van der Waals surface area contributed by atoms with Crippen molar-refractivity contribution in [1.82, 2.24) is 10.3 Å². The van der Waals surface area contributed by atoms with E-state index < -0.39 is 12.3 Å². The van der Waals surface area contributed by atoms with Gasteiger partial charge >= 0.3 is 0 Å². The van der Waals surface area contributed by atoms with Crippen LogP contribution in [-0.2, 0) is 0 Å². The molecule has 1 rings (SSSR count). The van der Waals surface area contributed by atoms with Gasteiger partial charge in [-0.2, -0.15) is 0 Å². The van der Waals surface area contributed by atoms with Crippen LogP contribution in [0.1, 0.15) is 35.8 Å². The van der Waals surface area contributed by atoms with Gasteiger partial charge in [-0.15, -0.1) is 11.3 Å². The Hall–Kier alpha value is -1.04. The maximum atomic E-state index is 12.1. The van der Waals surface area contributed by atoms with Crippen LogP contribution in [0.5, 0.6) is 0 Å². The number of carbonyl (C=O) groups excluding carboxylic acids is 1. The van der Waals surface area contributed by atoms with E-state index in [-0.39, 0.29) is 16.7 Å². The van der Waals surface area contributed by atoms with E-state index in [1.165, 1.54) is 5.38 Å². The summed E-state index contributed by atoms with van der Waals surface area (Å²) in [4.78, 5) is 14.8. The van der Waals surface area contributed by atoms with Gasteiger partial charge in [0.25, 0.3) is 12.3 Å². The lowest BCUT2D eigenvalue weighted by Crippen LogP contribution is -2.30. The normalized spacial score (nSPS) is 11.0. The van der Waals surface area contributed by atoms with Gasteiger partial charge in [-0.05, 0) is 13.8 Å². The second-order valence-corrected chi connectivity index (χ2v) is 3.89. The number of nitrogens with zero attached hydrogens (tertiary/aromatic N) is 1. The molecule has 0 bridgehead atoms. The summed E-state index contributed by atoms with van der Waals surface area (Å²) < 4.78 is 24.2. The van der Waals surface area contributed by atoms with Crippen molar-refractivity contribution in [1.29, 1.82) is 0 Å². The van der Waals surface area contributed by atoms with Crippen LogP contribution in [0.15, 0.2) is 5.38 Å². The Morgan fingerprint density at radius 2 is 2.21 bits per heavy atom. The molecule has 0 spiro atoms. The van der Waals surface area contributed by atoms with E-state index in [2.05, 4.69) is 10.3 Å². The summed E-state index contributed by atoms with van der Waals surface area (Å²) in [6.07, 6.45) is -2.61. The maximum Gasteiger partial charge on any atom is 0.289 e. The zero-order valence-corrected chi connectivity index (χ0v) is 8.57. The quantitative estimate of drug-likeness (QED) is 0.848. The summed E-state index contributed by atoms with van der Waals surface area (Å²) >= 11 is 0.791. The number of hydrogen-bond acceptors (Lipinski definition) is 3. The van der Waals surface area contributed by atoms with Crippen molar-refractivity contribution in [3.05, 3.63) is 16.1 Å². The average Bonchev–Trinajstić information content (AvgIpc) is 2.50. The van der Waals surface area contributed by atoms with E-state index in [0.29, 0.717) is 0 Å². The molecule has 1 heterocycles. The zero-order chi connectivity index (χ0) is 10.7. The molecule has 3 nitrogen and oxygen atoms in total. The monoisotopic (exact) mass is 220 g/mol. The predicted octanol–water partition coefficient (Wildman–Crippen LogP) is 2.22. The van der Waals surface area contributed by atoms with Crippen LogP contribution < -0.4 is 5.32 Å². The minimum atomic E-state index is -2.61. The minimum absolute atomic E-state index is 0.0285. The topological polar surface area (TPSA) is 42.0 Å². The molecule has 1 amide bonds. The smallest absolute Gasteiger partial charge is 0.289 e. The lowest BCUT2D eigenvalue weighted by Gasteiger charge is -2.05. The highest BCUT2D eigenvalue weighted by Crippen LogP contribution is 2.22. The molecule has 0 saturated heterocycles. The van der Waals surface area contributed by atoms with Gasteiger partial charge in [0.2, 0.25) is 0 Å². The Kier molecular flexibility index (Phi) is 3.51. The van der Waals surface area contributed by atoms with Crippen LogP contribution in [0.3, 0.4) is 0 Å². The highest BCUT2D eigenvalue weighted by atomic mass is 32.1. The first kappa shape index (κ1) is 11.0. The van der Waals surface area contributed by atoms with Crippen molar-refractivity contribution in [3.63, 3.8) is 0 Å². The first-order chi connectivity index (χ1) is 6.50. The van der Waals surface area contributed by atoms with Crippen molar-refractivity contribution >= 4 is 17.2 Å². The minimum Gasteiger partial charge on any atom is -0.349 e. The summed E-state index contributed by atoms with van der Waals surface area (Å²) in [5.41, 5.74) is 0.0546. The first-order valence-corrected chi connectivity index (χ1v) is 4.93. The van der Waals surface area contributed by atoms with E-state index in [1.54, 1.807) is 13.8 Å². The number of aromatic nitrogens is 1. The van der Waals surface area contributed by atoms with Gasteiger partial charge in [0.1, 0.15) is 5.69 Å². The number of thiazole rings is 1. The van der Waals surface area contributed by atoms with Gasteiger partial charge in [0, 0.05) is 11.4 Å². The van der Waals surface area contributed by atoms with Crippen LogP contribution in [0.2, 0.25) is 0 Å². The highest BCUT2D eigenvalue weighted by molar-refractivity contribution is 7.09. The first-order valence-electron chi connectivity index (χ1n) is 4.05. The number of nitrogens with one attached hydrogen (secondary N) is 1. The molecule has 78 valence electrons. The number of alkyl halides is 2. The molecule has 14 heavy (non-hydrogen) atoms. The zero-order valence-electron chi connectivity index (χ0n) is 7.75. The Balaban J connectivity index is 2.71. The lowest BCUT2D eigenvalue weighted by molar-refractivity contribution is 0.0937. The van der Waals surface area contributed by atoms with Crippen molar-refractivity contribution in [3.8, 4) is 0 Å². The number of hydrogen-bond donors (Lipinski definition) is 1. The second kappa shape index (κ2) is 4.45. The van der Waals surface area contributed by atoms with Gasteiger partial charge in [0.15, 0.2) is 5.01 Å². The summed E-state index contributed by atoms with van der Waals surface area (Å²) in [5.74, 6) is -0.414. The lowest BCUT2D eigenvalue weighted by atomic mass is 10.3. The van der Waals surface area contributed by atoms with Crippen LogP contribution in [-0.4, -0.2) is 16.9 Å². The number of rotatable bonds is 3. The largest absolute Gasteiger partial charge is 0.349 e. The SMILES string of the molecule is CC(C)NC(=O)c1csc(C(F)F)n1. The Labute approximate surface area is 84.2 Å². The maximum absolute atomic E-state index is 12.1. The summed E-state index contributed by atoms with van der Waals surface area (Å²) in [6, 6.07) is -0.0285. The molecule has 0 radical (unpaired) electrons. The molecule has 1 aromatic rings. The summed E-state index contributed by atoms with van der Waals surface area (Å²) in [7, 11) is 0. The van der Waals surface area contributed by atoms with Crippen molar-refractivity contribution in [2.45, 2.75) is 26.3 Å². The van der Waals surface area contributed by atoms with Crippen molar-refractivity contribution in [2.75, 3.05) is 0 Å². The third-order valence-corrected chi connectivity index (χ3v) is 2.21. The second-order valence-electron chi connectivity index (χ2n) is 3.00. The molecular formula is C8H10F2N2OS. The molecule has 1 N–H and O–H groups in total. The van der Waals surface area contributed by atoms with Gasteiger partial charge in [-0.3, -0.25) is 4.79 Å². The molecule has 0 unspecified atom stereocenters. The predicted molar refractivity (Wildman–Crippen MR) is 49.7 cm³/mol. The molecule has 0 saturated carbocycles. The Morgan fingerprint density at radius 3 is 2.64 bits per heavy atom. The number of amides is 1. The fourth-order valence-electron chi connectivity index (χ4n) is 0.828. The highest BCUT2D eigenvalue weighted by Gasteiger charge is 2.16. The van der Waals surface area contributed by atoms with Gasteiger partial charge in [-0.25, -0.2) is 13.8 Å². The molecule has 0 fully saturated rings. The fourth-order valence-corrected chi connectivity index (χ4v) is 1.47. The van der Waals surface area contributed by atoms with Crippen LogP contribution in [0, 0.1) is 0 Å². The van der Waals surface area contributed by atoms with Gasteiger partial charge in [-0.1, -0.05) is 0 Å². The molecule has 0 aromatic carbocycles. The molecule has 0 aliphatic carbocycles. The Bertz CT molecular complexity index is 325. The van der Waals surface area contributed by atoms with E-state index in [1.807, 2.05) is 0 Å². The van der Waals surface area contributed by atoms with Crippen LogP contribution in [0.4, 0.5) is 8.78 Å². The summed E-state index contributed by atoms with van der Waals surface area (Å²) in [6.45, 7) is 3.58. The molecule has 1 aromatic heterocycles. The van der Waals surface area contributed by atoms with E-state index in [9.17, 15) is 13.6 Å². The fraction of sp³-hybridized carbons (Fsp3) is 0.500. The molecule has 0 aliphatic heterocycles. The Morgan fingerprint density at radius 1 is 1.57 bits per heavy atom.